The predicted molar refractivity (Wildman–Crippen MR) is 77.0 cm³/mol. The number of guanidine groups is 1. The molecular weight excluding hydrogens is 337 g/mol. The molecule has 0 aromatic heterocycles. The molecule has 0 aromatic carbocycles. The first kappa shape index (κ1) is 16.9. The molecule has 1 aliphatic heterocycles. The molecule has 6 nitrogen and oxygen atoms in total. The average molecular weight is 359 g/mol. The maximum Gasteiger partial charge on any atom is 0.191 e. The molecule has 0 saturated carbocycles. The van der Waals surface area contributed by atoms with Gasteiger partial charge in [-0.25, -0.2) is 0 Å². The molecule has 102 valence electrons. The molecule has 2 N–H and O–H groups in total. The maximum absolute atomic E-state index is 5.83. The van der Waals surface area contributed by atoms with Crippen LogP contribution in [0.15, 0.2) is 4.99 Å². The summed E-state index contributed by atoms with van der Waals surface area (Å²) in [6, 6.07) is 0. The van der Waals surface area contributed by atoms with E-state index in [1.54, 1.807) is 7.11 Å². The van der Waals surface area contributed by atoms with Crippen LogP contribution >= 0.6 is 24.0 Å². The lowest BCUT2D eigenvalue weighted by Gasteiger charge is -2.27. The first-order valence-corrected chi connectivity index (χ1v) is 5.54. The number of methoxy groups -OCH3 is 1. The lowest BCUT2D eigenvalue weighted by Crippen LogP contribution is -2.45. The molecule has 0 atom stereocenters. The smallest absolute Gasteiger partial charge is 0.191 e. The number of halogens is 1. The van der Waals surface area contributed by atoms with Crippen LogP contribution in [-0.2, 0) is 14.2 Å². The van der Waals surface area contributed by atoms with Crippen molar-refractivity contribution in [3.05, 3.63) is 0 Å². The van der Waals surface area contributed by atoms with Gasteiger partial charge >= 0.3 is 0 Å². The highest BCUT2D eigenvalue weighted by atomic mass is 127. The van der Waals surface area contributed by atoms with Crippen LogP contribution in [0.25, 0.3) is 0 Å². The molecule has 0 bridgehead atoms. The van der Waals surface area contributed by atoms with Crippen molar-refractivity contribution in [1.82, 2.24) is 4.90 Å². The summed E-state index contributed by atoms with van der Waals surface area (Å²) < 4.78 is 15.4. The quantitative estimate of drug-likeness (QED) is 0.311. The number of nitrogens with zero attached hydrogens (tertiary/aromatic N) is 2. The second kappa shape index (κ2) is 11.0. The summed E-state index contributed by atoms with van der Waals surface area (Å²) in [5.74, 6) is 0.582. The second-order valence-corrected chi connectivity index (χ2v) is 3.44. The molecule has 0 unspecified atom stereocenters. The molecule has 1 saturated heterocycles. The first-order chi connectivity index (χ1) is 7.84. The third-order valence-corrected chi connectivity index (χ3v) is 2.28. The fraction of sp³-hybridized carbons (Fsp3) is 0.900. The van der Waals surface area contributed by atoms with Gasteiger partial charge in [-0.3, -0.25) is 4.99 Å². The Morgan fingerprint density at radius 1 is 1.29 bits per heavy atom. The number of hydrogen-bond acceptors (Lipinski definition) is 4. The SMILES string of the molecule is COCCOCCN=C(N)N1CCOCC1.I. The maximum atomic E-state index is 5.83. The fourth-order valence-corrected chi connectivity index (χ4v) is 1.36. The van der Waals surface area contributed by atoms with Crippen LogP contribution in [0.3, 0.4) is 0 Å². The molecule has 1 heterocycles. The molecule has 0 spiro atoms. The highest BCUT2D eigenvalue weighted by Crippen LogP contribution is 1.95. The average Bonchev–Trinajstić information content (AvgIpc) is 2.34. The molecule has 0 amide bonds. The van der Waals surface area contributed by atoms with Gasteiger partial charge in [0.15, 0.2) is 5.96 Å². The number of hydrogen-bond donors (Lipinski definition) is 1. The zero-order chi connectivity index (χ0) is 11.6. The van der Waals surface area contributed by atoms with Crippen LogP contribution in [0.4, 0.5) is 0 Å². The van der Waals surface area contributed by atoms with E-state index in [1.807, 2.05) is 4.90 Å². The Morgan fingerprint density at radius 3 is 2.65 bits per heavy atom. The van der Waals surface area contributed by atoms with Gasteiger partial charge in [0.2, 0.25) is 0 Å². The van der Waals surface area contributed by atoms with Gasteiger partial charge in [-0.15, -0.1) is 24.0 Å². The van der Waals surface area contributed by atoms with Gasteiger partial charge in [0.1, 0.15) is 0 Å². The monoisotopic (exact) mass is 359 g/mol. The summed E-state index contributed by atoms with van der Waals surface area (Å²) in [6.07, 6.45) is 0. The van der Waals surface area contributed by atoms with E-state index < -0.39 is 0 Å². The largest absolute Gasteiger partial charge is 0.382 e. The minimum absolute atomic E-state index is 0. The van der Waals surface area contributed by atoms with Crippen molar-refractivity contribution >= 4 is 29.9 Å². The summed E-state index contributed by atoms with van der Waals surface area (Å²) >= 11 is 0. The Bertz CT molecular complexity index is 211. The van der Waals surface area contributed by atoms with E-state index in [-0.39, 0.29) is 24.0 Å². The summed E-state index contributed by atoms with van der Waals surface area (Å²) in [5.41, 5.74) is 5.83. The summed E-state index contributed by atoms with van der Waals surface area (Å²) in [5, 5.41) is 0. The fourth-order valence-electron chi connectivity index (χ4n) is 1.36. The van der Waals surface area contributed by atoms with E-state index in [4.69, 9.17) is 19.9 Å². The Balaban J connectivity index is 0.00000256. The second-order valence-electron chi connectivity index (χ2n) is 3.44. The third kappa shape index (κ3) is 7.74. The first-order valence-electron chi connectivity index (χ1n) is 5.54. The van der Waals surface area contributed by atoms with Gasteiger partial charge in [-0.1, -0.05) is 0 Å². The number of rotatable bonds is 6. The van der Waals surface area contributed by atoms with Gasteiger partial charge in [0.25, 0.3) is 0 Å². The van der Waals surface area contributed by atoms with Crippen molar-refractivity contribution in [2.75, 3.05) is 59.8 Å². The third-order valence-electron chi connectivity index (χ3n) is 2.28. The van der Waals surface area contributed by atoms with E-state index in [0.29, 0.717) is 32.3 Å². The van der Waals surface area contributed by atoms with Crippen LogP contribution in [0.1, 0.15) is 0 Å². The van der Waals surface area contributed by atoms with E-state index >= 15 is 0 Å². The van der Waals surface area contributed by atoms with Crippen LogP contribution in [-0.4, -0.2) is 70.6 Å². The van der Waals surface area contributed by atoms with Gasteiger partial charge in [-0.05, 0) is 0 Å². The Labute approximate surface area is 119 Å². The lowest BCUT2D eigenvalue weighted by atomic mass is 10.4. The van der Waals surface area contributed by atoms with E-state index in [0.717, 1.165) is 26.3 Å². The number of nitrogens with two attached hydrogens (primary N) is 1. The molecule has 1 rings (SSSR count). The van der Waals surface area contributed by atoms with Gasteiger partial charge < -0.3 is 24.8 Å². The normalized spacial score (nSPS) is 16.8. The topological polar surface area (TPSA) is 69.3 Å². The molecular formula is C10H22IN3O3. The van der Waals surface area contributed by atoms with Crippen molar-refractivity contribution < 1.29 is 14.2 Å². The van der Waals surface area contributed by atoms with Crippen LogP contribution in [0, 0.1) is 0 Å². The van der Waals surface area contributed by atoms with E-state index in [1.165, 1.54) is 0 Å². The van der Waals surface area contributed by atoms with Crippen molar-refractivity contribution in [3.63, 3.8) is 0 Å². The standard InChI is InChI=1S/C10H21N3O3.HI/c1-14-8-9-15-5-2-12-10(11)13-3-6-16-7-4-13;/h2-9H2,1H3,(H2,11,12);1H. The Kier molecular flexibility index (Phi) is 10.9. The summed E-state index contributed by atoms with van der Waals surface area (Å²) in [7, 11) is 1.65. The van der Waals surface area contributed by atoms with Crippen LogP contribution in [0.5, 0.6) is 0 Å². The number of morpholine rings is 1. The molecule has 17 heavy (non-hydrogen) atoms. The Morgan fingerprint density at radius 2 is 2.00 bits per heavy atom. The summed E-state index contributed by atoms with van der Waals surface area (Å²) in [4.78, 5) is 6.27. The van der Waals surface area contributed by atoms with E-state index in [9.17, 15) is 0 Å². The van der Waals surface area contributed by atoms with Crippen molar-refractivity contribution in [2.24, 2.45) is 10.7 Å². The van der Waals surface area contributed by atoms with Crippen LogP contribution in [0.2, 0.25) is 0 Å². The van der Waals surface area contributed by atoms with Crippen molar-refractivity contribution in [1.29, 1.82) is 0 Å². The highest BCUT2D eigenvalue weighted by molar-refractivity contribution is 14.0. The summed E-state index contributed by atoms with van der Waals surface area (Å²) in [6.45, 7) is 5.47. The minimum atomic E-state index is 0. The predicted octanol–water partition coefficient (Wildman–Crippen LogP) is -0.0857. The lowest BCUT2D eigenvalue weighted by molar-refractivity contribution is 0.0664. The number of aliphatic imine (C=N–C) groups is 1. The molecule has 0 aliphatic carbocycles. The molecule has 1 fully saturated rings. The van der Waals surface area contributed by atoms with Crippen molar-refractivity contribution in [2.45, 2.75) is 0 Å². The molecule has 7 heteroatoms. The minimum Gasteiger partial charge on any atom is -0.382 e. The van der Waals surface area contributed by atoms with Gasteiger partial charge in [0, 0.05) is 20.2 Å². The number of ether oxygens (including phenoxy) is 3. The van der Waals surface area contributed by atoms with Crippen molar-refractivity contribution in [3.8, 4) is 0 Å². The molecule has 1 aliphatic rings. The molecule has 0 radical (unpaired) electrons. The van der Waals surface area contributed by atoms with E-state index in [2.05, 4.69) is 4.99 Å². The zero-order valence-corrected chi connectivity index (χ0v) is 12.6. The molecule has 0 aromatic rings. The van der Waals surface area contributed by atoms with Crippen LogP contribution < -0.4 is 5.73 Å². The van der Waals surface area contributed by atoms with Gasteiger partial charge in [0.05, 0.1) is 39.6 Å². The Hall–Kier alpha value is -0.120. The highest BCUT2D eigenvalue weighted by Gasteiger charge is 2.11. The van der Waals surface area contributed by atoms with Gasteiger partial charge in [-0.2, -0.15) is 0 Å². The zero-order valence-electron chi connectivity index (χ0n) is 10.3.